The molecule has 4 saturated carbocycles. The Kier molecular flexibility index (Phi) is 3.22. The molecule has 4 rings (SSSR count). The van der Waals surface area contributed by atoms with Gasteiger partial charge in [0.25, 0.3) is 0 Å². The van der Waals surface area contributed by atoms with Crippen molar-refractivity contribution in [2.45, 2.75) is 56.7 Å². The van der Waals surface area contributed by atoms with E-state index in [0.29, 0.717) is 24.0 Å². The molecule has 2 N–H and O–H groups in total. The van der Waals surface area contributed by atoms with E-state index < -0.39 is 9.84 Å². The van der Waals surface area contributed by atoms with Gasteiger partial charge in [-0.25, -0.2) is 8.42 Å². The third kappa shape index (κ3) is 2.22. The quantitative estimate of drug-likeness (QED) is 0.850. The van der Waals surface area contributed by atoms with Crippen LogP contribution in [0.25, 0.3) is 0 Å². The summed E-state index contributed by atoms with van der Waals surface area (Å²) in [6.45, 7) is 1.90. The highest BCUT2D eigenvalue weighted by Gasteiger charge is 2.52. The minimum absolute atomic E-state index is 0.00314. The first-order valence-corrected chi connectivity index (χ1v) is 9.14. The minimum atomic E-state index is -2.92. The molecule has 104 valence electrons. The first-order valence-electron chi connectivity index (χ1n) is 7.43. The lowest BCUT2D eigenvalue weighted by atomic mass is 9.56. The zero-order valence-electron chi connectivity index (χ0n) is 11.2. The molecule has 0 amide bonds. The van der Waals surface area contributed by atoms with Gasteiger partial charge < -0.3 is 5.73 Å². The fraction of sp³-hybridized carbons (Fsp3) is 1.00. The van der Waals surface area contributed by atoms with E-state index in [1.807, 2.05) is 6.92 Å². The van der Waals surface area contributed by atoms with E-state index in [0.717, 1.165) is 11.8 Å². The van der Waals surface area contributed by atoms with Gasteiger partial charge in [0.1, 0.15) is 0 Å². The highest BCUT2D eigenvalue weighted by atomic mass is 32.2. The van der Waals surface area contributed by atoms with Crippen molar-refractivity contribution in [2.24, 2.45) is 29.4 Å². The van der Waals surface area contributed by atoms with Crippen LogP contribution < -0.4 is 5.73 Å². The van der Waals surface area contributed by atoms with Crippen LogP contribution in [0.4, 0.5) is 0 Å². The standard InChI is InChI=1S/C14H25NO2S/c1-9(15)2-3-18(16,17)14-12-5-10-4-11(7-12)8-13(14)6-10/h9-14H,2-8,15H2,1H3. The number of nitrogens with two attached hydrogens (primary N) is 1. The minimum Gasteiger partial charge on any atom is -0.328 e. The average Bonchev–Trinajstić information content (AvgIpc) is 2.24. The molecule has 1 atom stereocenters. The van der Waals surface area contributed by atoms with Gasteiger partial charge >= 0.3 is 0 Å². The zero-order chi connectivity index (χ0) is 12.9. The molecular formula is C14H25NO2S. The molecule has 0 aromatic heterocycles. The van der Waals surface area contributed by atoms with Gasteiger partial charge in [-0.2, -0.15) is 0 Å². The summed E-state index contributed by atoms with van der Waals surface area (Å²) in [5.74, 6) is 2.93. The van der Waals surface area contributed by atoms with E-state index in [1.54, 1.807) is 0 Å². The Morgan fingerprint density at radius 1 is 1.06 bits per heavy atom. The van der Waals surface area contributed by atoms with Crippen LogP contribution in [0, 0.1) is 23.7 Å². The highest BCUT2D eigenvalue weighted by Crippen LogP contribution is 2.55. The van der Waals surface area contributed by atoms with Gasteiger partial charge in [0.05, 0.1) is 11.0 Å². The summed E-state index contributed by atoms with van der Waals surface area (Å²) in [4.78, 5) is 0. The Morgan fingerprint density at radius 3 is 2.00 bits per heavy atom. The highest BCUT2D eigenvalue weighted by molar-refractivity contribution is 7.92. The van der Waals surface area contributed by atoms with Gasteiger partial charge in [-0.3, -0.25) is 0 Å². The second kappa shape index (κ2) is 4.48. The Balaban J connectivity index is 1.76. The largest absolute Gasteiger partial charge is 0.328 e. The van der Waals surface area contributed by atoms with E-state index >= 15 is 0 Å². The Hall–Kier alpha value is -0.0900. The monoisotopic (exact) mass is 271 g/mol. The van der Waals surface area contributed by atoms with Crippen LogP contribution in [0.3, 0.4) is 0 Å². The molecule has 0 aliphatic heterocycles. The van der Waals surface area contributed by atoms with Crippen LogP contribution in [-0.2, 0) is 9.84 Å². The Bertz CT molecular complexity index is 388. The van der Waals surface area contributed by atoms with E-state index in [-0.39, 0.29) is 11.3 Å². The third-order valence-corrected chi connectivity index (χ3v) is 7.82. The summed E-state index contributed by atoms with van der Waals surface area (Å²) in [6, 6.07) is -0.00314. The maximum absolute atomic E-state index is 12.6. The summed E-state index contributed by atoms with van der Waals surface area (Å²) in [6.07, 6.45) is 6.69. The molecule has 18 heavy (non-hydrogen) atoms. The Labute approximate surface area is 110 Å². The molecule has 0 saturated heterocycles. The van der Waals surface area contributed by atoms with Crippen LogP contribution in [0.1, 0.15) is 45.4 Å². The van der Waals surface area contributed by atoms with Crippen molar-refractivity contribution in [3.05, 3.63) is 0 Å². The first kappa shape index (κ1) is 12.9. The van der Waals surface area contributed by atoms with Crippen molar-refractivity contribution in [1.82, 2.24) is 0 Å². The molecule has 4 bridgehead atoms. The predicted octanol–water partition coefficient (Wildman–Crippen LogP) is 1.96. The van der Waals surface area contributed by atoms with E-state index in [2.05, 4.69) is 0 Å². The molecule has 0 aromatic rings. The normalized spacial score (nSPS) is 44.2. The van der Waals surface area contributed by atoms with Gasteiger partial charge in [0, 0.05) is 6.04 Å². The van der Waals surface area contributed by atoms with Crippen molar-refractivity contribution >= 4 is 9.84 Å². The molecule has 4 aliphatic rings. The van der Waals surface area contributed by atoms with Gasteiger partial charge in [-0.1, -0.05) is 0 Å². The molecule has 0 aromatic carbocycles. The predicted molar refractivity (Wildman–Crippen MR) is 72.9 cm³/mol. The number of hydrogen-bond donors (Lipinski definition) is 1. The smallest absolute Gasteiger partial charge is 0.153 e. The maximum atomic E-state index is 12.6. The Morgan fingerprint density at radius 2 is 1.56 bits per heavy atom. The number of rotatable bonds is 4. The molecule has 4 heteroatoms. The summed E-state index contributed by atoms with van der Waals surface area (Å²) < 4.78 is 25.1. The third-order valence-electron chi connectivity index (χ3n) is 5.41. The van der Waals surface area contributed by atoms with Crippen molar-refractivity contribution in [2.75, 3.05) is 5.75 Å². The van der Waals surface area contributed by atoms with Crippen molar-refractivity contribution in [3.63, 3.8) is 0 Å². The van der Waals surface area contributed by atoms with Crippen molar-refractivity contribution in [1.29, 1.82) is 0 Å². The fourth-order valence-corrected chi connectivity index (χ4v) is 7.54. The lowest BCUT2D eigenvalue weighted by Gasteiger charge is -2.53. The summed E-state index contributed by atoms with van der Waals surface area (Å²) in [5.41, 5.74) is 5.71. The number of hydrogen-bond acceptors (Lipinski definition) is 3. The van der Waals surface area contributed by atoms with Crippen LogP contribution in [0.15, 0.2) is 0 Å². The van der Waals surface area contributed by atoms with Gasteiger partial charge in [0.15, 0.2) is 9.84 Å². The van der Waals surface area contributed by atoms with Crippen LogP contribution in [0.2, 0.25) is 0 Å². The maximum Gasteiger partial charge on any atom is 0.153 e. The van der Waals surface area contributed by atoms with Crippen molar-refractivity contribution < 1.29 is 8.42 Å². The SMILES string of the molecule is CC(N)CCS(=O)(=O)C1C2CC3CC(C2)CC1C3. The lowest BCUT2D eigenvalue weighted by Crippen LogP contribution is -2.52. The molecule has 4 aliphatic carbocycles. The zero-order valence-corrected chi connectivity index (χ0v) is 12.0. The van der Waals surface area contributed by atoms with E-state index in [1.165, 1.54) is 32.1 Å². The van der Waals surface area contributed by atoms with E-state index in [4.69, 9.17) is 5.73 Å². The van der Waals surface area contributed by atoms with Crippen molar-refractivity contribution in [3.8, 4) is 0 Å². The molecule has 4 fully saturated rings. The van der Waals surface area contributed by atoms with Crippen LogP contribution >= 0.6 is 0 Å². The molecular weight excluding hydrogens is 246 g/mol. The lowest BCUT2D eigenvalue weighted by molar-refractivity contribution is 0.0237. The summed E-state index contributed by atoms with van der Waals surface area (Å²) in [7, 11) is -2.92. The second-order valence-electron chi connectivity index (χ2n) is 7.03. The van der Waals surface area contributed by atoms with Crippen LogP contribution in [-0.4, -0.2) is 25.5 Å². The number of sulfone groups is 1. The molecule has 3 nitrogen and oxygen atoms in total. The van der Waals surface area contributed by atoms with Gasteiger partial charge in [-0.05, 0) is 69.1 Å². The summed E-state index contributed by atoms with van der Waals surface area (Å²) in [5, 5.41) is -0.0240. The van der Waals surface area contributed by atoms with Gasteiger partial charge in [0.2, 0.25) is 0 Å². The molecule has 0 heterocycles. The fourth-order valence-electron chi connectivity index (χ4n) is 4.95. The first-order chi connectivity index (χ1) is 8.45. The molecule has 0 radical (unpaired) electrons. The van der Waals surface area contributed by atoms with E-state index in [9.17, 15) is 8.42 Å². The molecule has 1 unspecified atom stereocenters. The average molecular weight is 271 g/mol. The van der Waals surface area contributed by atoms with Crippen LogP contribution in [0.5, 0.6) is 0 Å². The topological polar surface area (TPSA) is 60.2 Å². The molecule has 0 spiro atoms. The second-order valence-corrected chi connectivity index (χ2v) is 9.31. The van der Waals surface area contributed by atoms with Gasteiger partial charge in [-0.15, -0.1) is 0 Å². The summed E-state index contributed by atoms with van der Waals surface area (Å²) >= 11 is 0.